The fourth-order valence-electron chi connectivity index (χ4n) is 4.27. The first kappa shape index (κ1) is 26.6. The van der Waals surface area contributed by atoms with Gasteiger partial charge in [0, 0.05) is 48.9 Å². The Labute approximate surface area is 238 Å². The number of carbonyl (C=O) groups is 1. The van der Waals surface area contributed by atoms with Crippen LogP contribution in [0.4, 0.5) is 21.8 Å². The summed E-state index contributed by atoms with van der Waals surface area (Å²) in [5.74, 6) is 1.47. The first-order chi connectivity index (χ1) is 18.4. The lowest BCUT2D eigenvalue weighted by Gasteiger charge is -2.21. The summed E-state index contributed by atoms with van der Waals surface area (Å²) < 4.78 is 28.5. The maximum Gasteiger partial charge on any atom is 0.228 e. The van der Waals surface area contributed by atoms with Gasteiger partial charge in [0.05, 0.1) is 22.1 Å². The maximum atomic E-state index is 14.5. The molecule has 2 N–H and O–H groups in total. The number of imidazole rings is 1. The highest BCUT2D eigenvalue weighted by Crippen LogP contribution is 2.31. The molecule has 1 atom stereocenters. The second kappa shape index (κ2) is 11.8. The predicted octanol–water partition coefficient (Wildman–Crippen LogP) is 6.72. The molecule has 1 fully saturated rings. The number of carbonyl (C=O) groups excluding carboxylic acids is 1. The van der Waals surface area contributed by atoms with Gasteiger partial charge >= 0.3 is 0 Å². The lowest BCUT2D eigenvalue weighted by Crippen LogP contribution is -2.28. The normalized spacial score (nSPS) is 14.8. The minimum absolute atomic E-state index is 0.0641. The Morgan fingerprint density at radius 1 is 1.21 bits per heavy atom. The van der Waals surface area contributed by atoms with Crippen LogP contribution in [0.15, 0.2) is 54.7 Å². The molecule has 38 heavy (non-hydrogen) atoms. The van der Waals surface area contributed by atoms with Crippen molar-refractivity contribution in [3.8, 4) is 11.5 Å². The number of fused-ring (bicyclic) bond motifs is 1. The molecule has 2 aromatic heterocycles. The van der Waals surface area contributed by atoms with Crippen LogP contribution < -0.4 is 15.4 Å². The fourth-order valence-corrected chi connectivity index (χ4v) is 4.91. The number of hydrogen-bond acceptors (Lipinski definition) is 6. The molecule has 8 nitrogen and oxygen atoms in total. The van der Waals surface area contributed by atoms with Crippen molar-refractivity contribution in [3.63, 3.8) is 0 Å². The van der Waals surface area contributed by atoms with Crippen molar-refractivity contribution in [2.75, 3.05) is 28.3 Å². The zero-order chi connectivity index (χ0) is 26.6. The molecule has 5 rings (SSSR count). The highest BCUT2D eigenvalue weighted by Gasteiger charge is 2.22. The highest BCUT2D eigenvalue weighted by atomic mass is 127. The van der Waals surface area contributed by atoms with Crippen LogP contribution in [0.25, 0.3) is 11.0 Å². The van der Waals surface area contributed by atoms with Crippen molar-refractivity contribution >= 4 is 68.6 Å². The van der Waals surface area contributed by atoms with Crippen LogP contribution in [0, 0.1) is 11.7 Å². The number of alkyl halides is 2. The van der Waals surface area contributed by atoms with Gasteiger partial charge in [-0.05, 0) is 48.7 Å². The van der Waals surface area contributed by atoms with Crippen LogP contribution in [-0.2, 0) is 16.6 Å². The molecular formula is C27H26ClFIN5O3. The number of anilines is 3. The van der Waals surface area contributed by atoms with E-state index < -0.39 is 0 Å². The van der Waals surface area contributed by atoms with Gasteiger partial charge in [-0.15, -0.1) is 11.6 Å². The summed E-state index contributed by atoms with van der Waals surface area (Å²) in [6.45, 7) is 1.19. The van der Waals surface area contributed by atoms with Crippen molar-refractivity contribution in [3.05, 3.63) is 66.1 Å². The molecule has 198 valence electrons. The van der Waals surface area contributed by atoms with Gasteiger partial charge in [0.15, 0.2) is 0 Å². The molecule has 1 aliphatic heterocycles. The van der Waals surface area contributed by atoms with Crippen LogP contribution in [-0.4, -0.2) is 38.1 Å². The maximum absolute atomic E-state index is 14.5. The van der Waals surface area contributed by atoms with E-state index in [0.717, 1.165) is 11.1 Å². The first-order valence-electron chi connectivity index (χ1n) is 12.2. The molecule has 1 saturated heterocycles. The number of hydrogen-bond donors (Lipinski definition) is 2. The van der Waals surface area contributed by atoms with Crippen molar-refractivity contribution in [1.29, 1.82) is 0 Å². The van der Waals surface area contributed by atoms with Crippen molar-refractivity contribution in [2.24, 2.45) is 13.0 Å². The largest absolute Gasteiger partial charge is 0.457 e. The summed E-state index contributed by atoms with van der Waals surface area (Å²) >= 11 is 8.55. The fraction of sp³-hybridized carbons (Fsp3) is 0.296. The van der Waals surface area contributed by atoms with Crippen molar-refractivity contribution in [2.45, 2.75) is 18.2 Å². The molecular weight excluding hydrogens is 624 g/mol. The number of nitrogens with zero attached hydrogens (tertiary/aromatic N) is 3. The average molecular weight is 650 g/mol. The summed E-state index contributed by atoms with van der Waals surface area (Å²) in [5.41, 5.74) is 2.66. The van der Waals surface area contributed by atoms with E-state index >= 15 is 0 Å². The van der Waals surface area contributed by atoms with Crippen LogP contribution in [0.5, 0.6) is 11.5 Å². The minimum atomic E-state index is -0.389. The number of aromatic nitrogens is 3. The van der Waals surface area contributed by atoms with Crippen LogP contribution >= 0.6 is 34.2 Å². The first-order valence-corrected chi connectivity index (χ1v) is 14.1. The third kappa shape index (κ3) is 6.02. The quantitative estimate of drug-likeness (QED) is 0.163. The van der Waals surface area contributed by atoms with E-state index in [0.29, 0.717) is 65.0 Å². The van der Waals surface area contributed by atoms with Gasteiger partial charge in [0.2, 0.25) is 11.9 Å². The van der Waals surface area contributed by atoms with Crippen LogP contribution in [0.3, 0.4) is 0 Å². The molecule has 0 aliphatic carbocycles. The SMILES string of the molecule is Cn1c(Nc2cc(C(Cl)CI)ccc2F)nc2cc(Oc3ccnc(NC(=O)C4CCOCC4)c3)ccc21. The number of benzene rings is 2. The molecule has 0 bridgehead atoms. The molecule has 11 heteroatoms. The third-order valence-electron chi connectivity index (χ3n) is 6.40. The molecule has 2 aromatic carbocycles. The molecule has 0 spiro atoms. The Bertz CT molecular complexity index is 1460. The summed E-state index contributed by atoms with van der Waals surface area (Å²) in [5, 5.41) is 5.75. The molecule has 1 unspecified atom stereocenters. The highest BCUT2D eigenvalue weighted by molar-refractivity contribution is 14.1. The Morgan fingerprint density at radius 3 is 2.79 bits per heavy atom. The molecule has 0 radical (unpaired) electrons. The zero-order valence-electron chi connectivity index (χ0n) is 20.6. The van der Waals surface area contributed by atoms with E-state index in [1.807, 2.05) is 23.7 Å². The molecule has 0 saturated carbocycles. The summed E-state index contributed by atoms with van der Waals surface area (Å²) in [4.78, 5) is 21.4. The molecule has 3 heterocycles. The van der Waals surface area contributed by atoms with E-state index in [1.165, 1.54) is 6.07 Å². The Kier molecular flexibility index (Phi) is 8.29. The number of amides is 1. The van der Waals surface area contributed by atoms with E-state index in [-0.39, 0.29) is 23.0 Å². The van der Waals surface area contributed by atoms with Crippen LogP contribution in [0.1, 0.15) is 23.8 Å². The molecule has 1 aliphatic rings. The van der Waals surface area contributed by atoms with Crippen molar-refractivity contribution < 1.29 is 18.7 Å². The second-order valence-electron chi connectivity index (χ2n) is 8.99. The van der Waals surface area contributed by atoms with Gasteiger partial charge < -0.3 is 24.7 Å². The Hall–Kier alpha value is -2.96. The third-order valence-corrected chi connectivity index (χ3v) is 8.20. The average Bonchev–Trinajstić information content (AvgIpc) is 3.24. The number of pyridine rings is 1. The summed E-state index contributed by atoms with van der Waals surface area (Å²) in [7, 11) is 1.85. The van der Waals surface area contributed by atoms with E-state index in [9.17, 15) is 9.18 Å². The lowest BCUT2D eigenvalue weighted by molar-refractivity contribution is -0.122. The smallest absolute Gasteiger partial charge is 0.228 e. The van der Waals surface area contributed by atoms with Gasteiger partial charge in [0.25, 0.3) is 0 Å². The Morgan fingerprint density at radius 2 is 2.00 bits per heavy atom. The molecule has 1 amide bonds. The van der Waals surface area contributed by atoms with E-state index in [4.69, 9.17) is 21.1 Å². The standard InChI is InChI=1S/C27H26ClFIN5O3/c1-35-24-5-3-18(38-19-6-9-31-25(14-19)34-26(36)16-7-10-37-11-8-16)13-23(24)33-27(35)32-22-12-17(20(28)15-30)2-4-21(22)29/h2-6,9,12-14,16,20H,7-8,10-11,15H2,1H3,(H,32,33)(H,31,34,36). The zero-order valence-corrected chi connectivity index (χ0v) is 23.5. The number of rotatable bonds is 8. The Balaban J connectivity index is 1.32. The summed E-state index contributed by atoms with van der Waals surface area (Å²) in [6.07, 6.45) is 2.99. The van der Waals surface area contributed by atoms with E-state index in [2.05, 4.69) is 43.2 Å². The number of nitrogens with one attached hydrogen (secondary N) is 2. The van der Waals surface area contributed by atoms with Crippen LogP contribution in [0.2, 0.25) is 0 Å². The number of aryl methyl sites for hydroxylation is 1. The van der Waals surface area contributed by atoms with E-state index in [1.54, 1.807) is 36.5 Å². The van der Waals surface area contributed by atoms with Gasteiger partial charge in [-0.25, -0.2) is 14.4 Å². The number of halogens is 3. The topological polar surface area (TPSA) is 90.3 Å². The van der Waals surface area contributed by atoms with Gasteiger partial charge in [-0.1, -0.05) is 28.7 Å². The second-order valence-corrected chi connectivity index (χ2v) is 10.4. The monoisotopic (exact) mass is 649 g/mol. The van der Waals surface area contributed by atoms with Gasteiger partial charge in [-0.2, -0.15) is 0 Å². The predicted molar refractivity (Wildman–Crippen MR) is 154 cm³/mol. The van der Waals surface area contributed by atoms with Gasteiger partial charge in [0.1, 0.15) is 23.1 Å². The van der Waals surface area contributed by atoms with Gasteiger partial charge in [-0.3, -0.25) is 4.79 Å². The van der Waals surface area contributed by atoms with Crippen molar-refractivity contribution in [1.82, 2.24) is 14.5 Å². The minimum Gasteiger partial charge on any atom is -0.457 e. The lowest BCUT2D eigenvalue weighted by atomic mass is 9.99. The molecule has 4 aromatic rings. The summed E-state index contributed by atoms with van der Waals surface area (Å²) in [6, 6.07) is 13.7. The number of ether oxygens (including phenoxy) is 2.